The average Bonchev–Trinajstić information content (AvgIpc) is 2.62. The molecule has 2 aromatic carbocycles. The minimum atomic E-state index is -1.09. The van der Waals surface area contributed by atoms with Crippen LogP contribution in [0.25, 0.3) is 0 Å². The largest absolute Gasteiger partial charge is 0.380 e. The number of rotatable bonds is 4. The zero-order valence-corrected chi connectivity index (χ0v) is 13.5. The minimum absolute atomic E-state index is 0.203. The van der Waals surface area contributed by atoms with Crippen LogP contribution in [0.3, 0.4) is 0 Å². The van der Waals surface area contributed by atoms with E-state index in [1.807, 2.05) is 42.5 Å². The topological polar surface area (TPSA) is 40.5 Å². The van der Waals surface area contributed by atoms with Gasteiger partial charge in [0.2, 0.25) is 0 Å². The molecule has 0 bridgehead atoms. The van der Waals surface area contributed by atoms with Crippen molar-refractivity contribution in [3.8, 4) is 0 Å². The van der Waals surface area contributed by atoms with Crippen LogP contribution in [0.2, 0.25) is 0 Å². The first-order valence-corrected chi connectivity index (χ1v) is 8.21. The van der Waals surface area contributed by atoms with Gasteiger partial charge in [0, 0.05) is 5.56 Å². The third-order valence-electron chi connectivity index (χ3n) is 4.75. The fourth-order valence-corrected chi connectivity index (χ4v) is 3.33. The second kappa shape index (κ2) is 7.07. The van der Waals surface area contributed by atoms with E-state index in [-0.39, 0.29) is 5.78 Å². The van der Waals surface area contributed by atoms with Crippen molar-refractivity contribution in [2.45, 2.75) is 24.9 Å². The number of piperidine rings is 1. The first-order valence-electron chi connectivity index (χ1n) is 8.21. The molecular weight excluding hydrogens is 286 g/mol. The van der Waals surface area contributed by atoms with Crippen LogP contribution in [-0.4, -0.2) is 35.9 Å². The first-order chi connectivity index (χ1) is 11.2. The molecule has 120 valence electrons. The Morgan fingerprint density at radius 2 is 1.65 bits per heavy atom. The quantitative estimate of drug-likeness (QED) is 0.880. The lowest BCUT2D eigenvalue weighted by Crippen LogP contribution is -2.30. The van der Waals surface area contributed by atoms with Gasteiger partial charge in [-0.1, -0.05) is 54.6 Å². The van der Waals surface area contributed by atoms with Gasteiger partial charge in [-0.3, -0.25) is 4.79 Å². The lowest BCUT2D eigenvalue weighted by molar-refractivity contribution is 0.0745. The predicted octanol–water partition coefficient (Wildman–Crippen LogP) is 3.41. The zero-order valence-electron chi connectivity index (χ0n) is 13.5. The van der Waals surface area contributed by atoms with Crippen LogP contribution in [0.5, 0.6) is 0 Å². The number of benzene rings is 2. The molecule has 0 spiro atoms. The maximum Gasteiger partial charge on any atom is 0.196 e. The molecule has 0 saturated carbocycles. The third kappa shape index (κ3) is 3.52. The van der Waals surface area contributed by atoms with E-state index in [9.17, 15) is 9.90 Å². The summed E-state index contributed by atoms with van der Waals surface area (Å²) >= 11 is 0. The van der Waals surface area contributed by atoms with E-state index in [1.165, 1.54) is 0 Å². The lowest BCUT2D eigenvalue weighted by Gasteiger charge is -2.30. The van der Waals surface area contributed by atoms with E-state index in [4.69, 9.17) is 0 Å². The summed E-state index contributed by atoms with van der Waals surface area (Å²) in [5, 5.41) is 10.4. The van der Waals surface area contributed by atoms with Crippen molar-refractivity contribution in [3.63, 3.8) is 0 Å². The van der Waals surface area contributed by atoms with E-state index in [2.05, 4.69) is 11.9 Å². The average molecular weight is 309 g/mol. The molecule has 3 heteroatoms. The number of nitrogens with zero attached hydrogens (tertiary/aromatic N) is 1. The summed E-state index contributed by atoms with van der Waals surface area (Å²) in [6, 6.07) is 16.9. The predicted molar refractivity (Wildman–Crippen MR) is 91.6 cm³/mol. The SMILES string of the molecule is CN1CCC(c2ccccc2C(=O)C(O)c2ccccc2)CC1. The number of carbonyl (C=O) groups excluding carboxylic acids is 1. The Balaban J connectivity index is 1.86. The summed E-state index contributed by atoms with van der Waals surface area (Å²) in [6.45, 7) is 2.10. The van der Waals surface area contributed by atoms with Crippen molar-refractivity contribution in [2.75, 3.05) is 20.1 Å². The fourth-order valence-electron chi connectivity index (χ4n) is 3.33. The Hall–Kier alpha value is -1.97. The highest BCUT2D eigenvalue weighted by Gasteiger charge is 2.26. The second-order valence-corrected chi connectivity index (χ2v) is 6.34. The van der Waals surface area contributed by atoms with Gasteiger partial charge >= 0.3 is 0 Å². The minimum Gasteiger partial charge on any atom is -0.380 e. The molecule has 3 rings (SSSR count). The molecule has 23 heavy (non-hydrogen) atoms. The number of aliphatic hydroxyl groups is 1. The van der Waals surface area contributed by atoms with Gasteiger partial charge < -0.3 is 10.0 Å². The van der Waals surface area contributed by atoms with Gasteiger partial charge in [-0.2, -0.15) is 0 Å². The maximum absolute atomic E-state index is 12.8. The monoisotopic (exact) mass is 309 g/mol. The molecule has 1 aliphatic heterocycles. The number of ketones is 1. The highest BCUT2D eigenvalue weighted by atomic mass is 16.3. The molecule has 1 saturated heterocycles. The lowest BCUT2D eigenvalue weighted by atomic mass is 9.84. The number of likely N-dealkylation sites (tertiary alicyclic amines) is 1. The van der Waals surface area contributed by atoms with Crippen LogP contribution >= 0.6 is 0 Å². The molecule has 1 N–H and O–H groups in total. The number of Topliss-reactive ketones (excluding diaryl/α,β-unsaturated/α-hetero) is 1. The van der Waals surface area contributed by atoms with Crippen LogP contribution in [-0.2, 0) is 0 Å². The molecule has 0 amide bonds. The van der Waals surface area contributed by atoms with Crippen molar-refractivity contribution >= 4 is 5.78 Å². The van der Waals surface area contributed by atoms with Gasteiger partial charge in [0.1, 0.15) is 6.10 Å². The number of hydrogen-bond acceptors (Lipinski definition) is 3. The molecule has 1 unspecified atom stereocenters. The fraction of sp³-hybridized carbons (Fsp3) is 0.350. The zero-order chi connectivity index (χ0) is 16.2. The van der Waals surface area contributed by atoms with Crippen LogP contribution in [0.1, 0.15) is 46.3 Å². The summed E-state index contributed by atoms with van der Waals surface area (Å²) in [5.74, 6) is 0.194. The van der Waals surface area contributed by atoms with Gasteiger partial charge in [-0.15, -0.1) is 0 Å². The van der Waals surface area contributed by atoms with E-state index >= 15 is 0 Å². The standard InChI is InChI=1S/C20H23NO2/c1-21-13-11-15(12-14-21)17-9-5-6-10-18(17)20(23)19(22)16-7-3-2-4-8-16/h2-10,15,19,22H,11-14H2,1H3. The van der Waals surface area contributed by atoms with E-state index in [1.54, 1.807) is 12.1 Å². The van der Waals surface area contributed by atoms with Crippen LogP contribution in [0, 0.1) is 0 Å². The van der Waals surface area contributed by atoms with Gasteiger partial charge in [-0.25, -0.2) is 0 Å². The van der Waals surface area contributed by atoms with Gasteiger partial charge in [0.25, 0.3) is 0 Å². The van der Waals surface area contributed by atoms with Gasteiger partial charge in [0.05, 0.1) is 0 Å². The van der Waals surface area contributed by atoms with Crippen LogP contribution in [0.15, 0.2) is 54.6 Å². The maximum atomic E-state index is 12.8. The van der Waals surface area contributed by atoms with Crippen molar-refractivity contribution < 1.29 is 9.90 Å². The van der Waals surface area contributed by atoms with E-state index in [0.29, 0.717) is 17.0 Å². The summed E-state index contributed by atoms with van der Waals surface area (Å²) in [4.78, 5) is 15.1. The van der Waals surface area contributed by atoms with Gasteiger partial charge in [-0.05, 0) is 50.0 Å². The van der Waals surface area contributed by atoms with Gasteiger partial charge in [0.15, 0.2) is 5.78 Å². The normalized spacial score (nSPS) is 17.8. The van der Waals surface area contributed by atoms with Crippen molar-refractivity contribution in [1.29, 1.82) is 0 Å². The molecule has 0 aliphatic carbocycles. The molecule has 0 aromatic heterocycles. The van der Waals surface area contributed by atoms with Crippen LogP contribution in [0.4, 0.5) is 0 Å². The Labute approximate surface area is 137 Å². The Bertz CT molecular complexity index is 660. The summed E-state index contributed by atoms with van der Waals surface area (Å²) in [5.41, 5.74) is 2.40. The Morgan fingerprint density at radius 1 is 1.04 bits per heavy atom. The Kier molecular flexibility index (Phi) is 4.89. The van der Waals surface area contributed by atoms with E-state index < -0.39 is 6.10 Å². The second-order valence-electron chi connectivity index (χ2n) is 6.34. The Morgan fingerprint density at radius 3 is 2.35 bits per heavy atom. The molecule has 1 fully saturated rings. The smallest absolute Gasteiger partial charge is 0.196 e. The highest BCUT2D eigenvalue weighted by molar-refractivity contribution is 6.01. The number of hydrogen-bond donors (Lipinski definition) is 1. The van der Waals surface area contributed by atoms with Crippen molar-refractivity contribution in [1.82, 2.24) is 4.90 Å². The third-order valence-corrected chi connectivity index (χ3v) is 4.75. The van der Waals surface area contributed by atoms with Crippen molar-refractivity contribution in [3.05, 3.63) is 71.3 Å². The molecular formula is C20H23NO2. The molecule has 1 atom stereocenters. The highest BCUT2D eigenvalue weighted by Crippen LogP contribution is 2.32. The molecule has 1 heterocycles. The number of aliphatic hydroxyl groups excluding tert-OH is 1. The summed E-state index contributed by atoms with van der Waals surface area (Å²) in [7, 11) is 2.13. The van der Waals surface area contributed by atoms with E-state index in [0.717, 1.165) is 31.5 Å². The van der Waals surface area contributed by atoms with Crippen LogP contribution < -0.4 is 0 Å². The number of carbonyl (C=O) groups is 1. The molecule has 1 aliphatic rings. The summed E-state index contributed by atoms with van der Waals surface area (Å²) < 4.78 is 0. The molecule has 2 aromatic rings. The van der Waals surface area contributed by atoms with Crippen molar-refractivity contribution in [2.24, 2.45) is 0 Å². The molecule has 3 nitrogen and oxygen atoms in total. The first kappa shape index (κ1) is 15.9. The summed E-state index contributed by atoms with van der Waals surface area (Å²) in [6.07, 6.45) is 1.02. The molecule has 0 radical (unpaired) electrons.